The summed E-state index contributed by atoms with van der Waals surface area (Å²) in [5.41, 5.74) is 0.950. The van der Waals surface area contributed by atoms with Gasteiger partial charge in [0.25, 0.3) is 5.91 Å². The van der Waals surface area contributed by atoms with Gasteiger partial charge in [0.2, 0.25) is 10.0 Å². The SMILES string of the molecule is Cc1ccc([C@H](C)NC(=O)c2cccc(N3CCCS3(=O)=O)c2)o1. The Kier molecular flexibility index (Phi) is 4.36. The van der Waals surface area contributed by atoms with Crippen LogP contribution in [0.4, 0.5) is 5.69 Å². The number of carbonyl (C=O) groups excluding carboxylic acids is 1. The molecule has 1 amide bonds. The number of nitrogens with one attached hydrogen (secondary N) is 1. The van der Waals surface area contributed by atoms with Crippen LogP contribution in [0.5, 0.6) is 0 Å². The van der Waals surface area contributed by atoms with Crippen LogP contribution in [0, 0.1) is 6.92 Å². The molecular weight excluding hydrogens is 328 g/mol. The Morgan fingerprint density at radius 3 is 2.71 bits per heavy atom. The number of sulfonamides is 1. The highest BCUT2D eigenvalue weighted by atomic mass is 32.2. The van der Waals surface area contributed by atoms with E-state index in [1.807, 2.05) is 26.0 Å². The number of benzene rings is 1. The van der Waals surface area contributed by atoms with Crippen LogP contribution in [0.25, 0.3) is 0 Å². The van der Waals surface area contributed by atoms with Crippen molar-refractivity contribution in [2.24, 2.45) is 0 Å². The van der Waals surface area contributed by atoms with Crippen molar-refractivity contribution in [3.63, 3.8) is 0 Å². The molecule has 2 heterocycles. The Morgan fingerprint density at radius 1 is 1.29 bits per heavy atom. The minimum absolute atomic E-state index is 0.151. The zero-order valence-corrected chi connectivity index (χ0v) is 14.5. The third-order valence-corrected chi connectivity index (χ3v) is 5.90. The maximum atomic E-state index is 12.4. The Morgan fingerprint density at radius 2 is 2.08 bits per heavy atom. The van der Waals surface area contributed by atoms with Gasteiger partial charge in [0.15, 0.2) is 0 Å². The van der Waals surface area contributed by atoms with Crippen LogP contribution in [0.15, 0.2) is 40.8 Å². The van der Waals surface area contributed by atoms with Crippen molar-refractivity contribution < 1.29 is 17.6 Å². The lowest BCUT2D eigenvalue weighted by molar-refractivity contribution is 0.0935. The summed E-state index contributed by atoms with van der Waals surface area (Å²) in [5.74, 6) is 1.35. The number of nitrogens with zero attached hydrogens (tertiary/aromatic N) is 1. The second kappa shape index (κ2) is 6.32. The second-order valence-electron chi connectivity index (χ2n) is 5.94. The van der Waals surface area contributed by atoms with Crippen molar-refractivity contribution in [2.75, 3.05) is 16.6 Å². The molecular formula is C17H20N2O4S. The Balaban J connectivity index is 1.77. The summed E-state index contributed by atoms with van der Waals surface area (Å²) in [5, 5.41) is 2.86. The van der Waals surface area contributed by atoms with Gasteiger partial charge in [0.05, 0.1) is 17.5 Å². The molecule has 0 radical (unpaired) electrons. The lowest BCUT2D eigenvalue weighted by Crippen LogP contribution is -2.28. The van der Waals surface area contributed by atoms with E-state index in [0.29, 0.717) is 30.0 Å². The molecule has 6 nitrogen and oxygen atoms in total. The van der Waals surface area contributed by atoms with E-state index >= 15 is 0 Å². The van der Waals surface area contributed by atoms with Crippen LogP contribution in [0.1, 0.15) is 41.3 Å². The lowest BCUT2D eigenvalue weighted by atomic mass is 10.1. The normalized spacial score (nSPS) is 17.7. The molecule has 1 aliphatic rings. The molecule has 1 aromatic carbocycles. The van der Waals surface area contributed by atoms with E-state index in [0.717, 1.165) is 5.76 Å². The molecule has 1 saturated heterocycles. The van der Waals surface area contributed by atoms with Crippen LogP contribution in [-0.2, 0) is 10.0 Å². The van der Waals surface area contributed by atoms with E-state index in [-0.39, 0.29) is 17.7 Å². The molecule has 1 N–H and O–H groups in total. The minimum atomic E-state index is -3.26. The average Bonchev–Trinajstić information content (AvgIpc) is 3.12. The zero-order valence-electron chi connectivity index (χ0n) is 13.7. The number of aryl methyl sites for hydroxylation is 1. The first kappa shape index (κ1) is 16.6. The highest BCUT2D eigenvalue weighted by molar-refractivity contribution is 7.93. The highest BCUT2D eigenvalue weighted by Gasteiger charge is 2.28. The first-order chi connectivity index (χ1) is 11.4. The standard InChI is InChI=1S/C17H20N2O4S/c1-12-7-8-16(23-12)13(2)18-17(20)14-5-3-6-15(11-14)19-9-4-10-24(19,21)22/h3,5-8,11,13H,4,9-10H2,1-2H3,(H,18,20)/t13-/m0/s1. The lowest BCUT2D eigenvalue weighted by Gasteiger charge is -2.18. The second-order valence-corrected chi connectivity index (χ2v) is 7.95. The van der Waals surface area contributed by atoms with Crippen LogP contribution in [0.3, 0.4) is 0 Å². The van der Waals surface area contributed by atoms with Gasteiger partial charge in [-0.15, -0.1) is 0 Å². The molecule has 1 atom stereocenters. The summed E-state index contributed by atoms with van der Waals surface area (Å²) >= 11 is 0. The van der Waals surface area contributed by atoms with E-state index in [9.17, 15) is 13.2 Å². The summed E-state index contributed by atoms with van der Waals surface area (Å²) in [6.07, 6.45) is 0.605. The Hall–Kier alpha value is -2.28. The molecule has 3 rings (SSSR count). The van der Waals surface area contributed by atoms with Crippen molar-refractivity contribution in [3.8, 4) is 0 Å². The Labute approximate surface area is 141 Å². The number of carbonyl (C=O) groups is 1. The molecule has 128 valence electrons. The number of hydrogen-bond donors (Lipinski definition) is 1. The van der Waals surface area contributed by atoms with Gasteiger partial charge in [0.1, 0.15) is 11.5 Å². The van der Waals surface area contributed by atoms with E-state index in [1.165, 1.54) is 4.31 Å². The van der Waals surface area contributed by atoms with Crippen molar-refractivity contribution >= 4 is 21.6 Å². The predicted molar refractivity (Wildman–Crippen MR) is 91.5 cm³/mol. The van der Waals surface area contributed by atoms with Gasteiger partial charge in [0, 0.05) is 12.1 Å². The molecule has 1 aromatic heterocycles. The van der Waals surface area contributed by atoms with Gasteiger partial charge in [-0.3, -0.25) is 9.10 Å². The van der Waals surface area contributed by atoms with Crippen molar-refractivity contribution in [3.05, 3.63) is 53.5 Å². The van der Waals surface area contributed by atoms with Gasteiger partial charge >= 0.3 is 0 Å². The third kappa shape index (κ3) is 3.31. The van der Waals surface area contributed by atoms with E-state index in [4.69, 9.17) is 4.42 Å². The number of hydrogen-bond acceptors (Lipinski definition) is 4. The first-order valence-electron chi connectivity index (χ1n) is 7.84. The van der Waals surface area contributed by atoms with E-state index < -0.39 is 10.0 Å². The van der Waals surface area contributed by atoms with Crippen LogP contribution >= 0.6 is 0 Å². The molecule has 0 spiro atoms. The Bertz CT molecular complexity index is 857. The summed E-state index contributed by atoms with van der Waals surface area (Å²) in [4.78, 5) is 12.4. The summed E-state index contributed by atoms with van der Waals surface area (Å²) in [6.45, 7) is 4.14. The van der Waals surface area contributed by atoms with Crippen molar-refractivity contribution in [2.45, 2.75) is 26.3 Å². The summed E-state index contributed by atoms with van der Waals surface area (Å²) in [7, 11) is -3.26. The number of anilines is 1. The maximum absolute atomic E-state index is 12.4. The molecule has 1 fully saturated rings. The smallest absolute Gasteiger partial charge is 0.251 e. The molecule has 2 aromatic rings. The molecule has 0 saturated carbocycles. The average molecular weight is 348 g/mol. The summed E-state index contributed by atoms with van der Waals surface area (Å²) in [6, 6.07) is 10.1. The summed E-state index contributed by atoms with van der Waals surface area (Å²) < 4.78 is 30.9. The van der Waals surface area contributed by atoms with Gasteiger partial charge in [-0.2, -0.15) is 0 Å². The van der Waals surface area contributed by atoms with Crippen molar-refractivity contribution in [1.82, 2.24) is 5.32 Å². The number of amides is 1. The molecule has 0 unspecified atom stereocenters. The van der Waals surface area contributed by atoms with Crippen molar-refractivity contribution in [1.29, 1.82) is 0 Å². The van der Waals surface area contributed by atoms with Crippen LogP contribution in [0.2, 0.25) is 0 Å². The van der Waals surface area contributed by atoms with Crippen LogP contribution < -0.4 is 9.62 Å². The van der Waals surface area contributed by atoms with E-state index in [2.05, 4.69) is 5.32 Å². The largest absolute Gasteiger partial charge is 0.464 e. The molecule has 24 heavy (non-hydrogen) atoms. The maximum Gasteiger partial charge on any atom is 0.251 e. The topological polar surface area (TPSA) is 79.6 Å². The number of furan rings is 1. The number of rotatable bonds is 4. The fourth-order valence-corrected chi connectivity index (χ4v) is 4.33. The fraction of sp³-hybridized carbons (Fsp3) is 0.353. The first-order valence-corrected chi connectivity index (χ1v) is 9.45. The molecule has 0 bridgehead atoms. The van der Waals surface area contributed by atoms with Gasteiger partial charge in [-0.25, -0.2) is 8.42 Å². The van der Waals surface area contributed by atoms with Crippen LogP contribution in [-0.4, -0.2) is 26.6 Å². The van der Waals surface area contributed by atoms with Gasteiger partial charge in [-0.05, 0) is 50.6 Å². The molecule has 1 aliphatic heterocycles. The van der Waals surface area contributed by atoms with Gasteiger partial charge < -0.3 is 9.73 Å². The quantitative estimate of drug-likeness (QED) is 0.921. The minimum Gasteiger partial charge on any atom is -0.464 e. The monoisotopic (exact) mass is 348 g/mol. The molecule has 0 aliphatic carbocycles. The van der Waals surface area contributed by atoms with E-state index in [1.54, 1.807) is 24.3 Å². The zero-order chi connectivity index (χ0) is 17.3. The highest BCUT2D eigenvalue weighted by Crippen LogP contribution is 2.25. The fourth-order valence-electron chi connectivity index (χ4n) is 2.77. The third-order valence-electron chi connectivity index (χ3n) is 4.03. The predicted octanol–water partition coefficient (Wildman–Crippen LogP) is 2.62. The molecule has 7 heteroatoms. The van der Waals surface area contributed by atoms with Gasteiger partial charge in [-0.1, -0.05) is 6.07 Å².